The third-order valence-electron chi connectivity index (χ3n) is 1.33. The molecule has 0 spiro atoms. The molecule has 0 saturated heterocycles. The van der Waals surface area contributed by atoms with E-state index in [2.05, 4.69) is 5.32 Å². The first kappa shape index (κ1) is 13.5. The Morgan fingerprint density at radius 3 is 2.21 bits per heavy atom. The molecule has 78 valence electrons. The minimum Gasteiger partial charge on any atom is -0.325 e. The molecule has 1 aromatic rings. The van der Waals surface area contributed by atoms with Gasteiger partial charge >= 0.3 is 0 Å². The van der Waals surface area contributed by atoms with E-state index in [1.54, 1.807) is 18.2 Å². The molecule has 0 heterocycles. The van der Waals surface area contributed by atoms with Gasteiger partial charge in [0.1, 0.15) is 0 Å². The second-order valence-electron chi connectivity index (χ2n) is 2.41. The van der Waals surface area contributed by atoms with Crippen molar-refractivity contribution in [3.05, 3.63) is 28.2 Å². The summed E-state index contributed by atoms with van der Waals surface area (Å²) in [5, 5.41) is 3.48. The van der Waals surface area contributed by atoms with Gasteiger partial charge in [-0.05, 0) is 18.2 Å². The molecule has 1 rings (SSSR count). The standard InChI is InChI=1S/C8H8Cl2N2O.ClH/c9-5-1-6(10)3-7(2-5)12-8(13)4-11;/h1-3H,4,11H2,(H,12,13);1H. The number of rotatable bonds is 2. The highest BCUT2D eigenvalue weighted by atomic mass is 35.5. The van der Waals surface area contributed by atoms with E-state index in [1.165, 1.54) is 0 Å². The Morgan fingerprint density at radius 1 is 1.29 bits per heavy atom. The van der Waals surface area contributed by atoms with Gasteiger partial charge in [0.15, 0.2) is 0 Å². The predicted molar refractivity (Wildman–Crippen MR) is 61.4 cm³/mol. The van der Waals surface area contributed by atoms with Crippen molar-refractivity contribution in [1.82, 2.24) is 0 Å². The average molecular weight is 256 g/mol. The van der Waals surface area contributed by atoms with Crippen LogP contribution in [0.4, 0.5) is 5.69 Å². The van der Waals surface area contributed by atoms with Gasteiger partial charge in [-0.1, -0.05) is 23.2 Å². The Bertz CT molecular complexity index is 310. The first-order valence-electron chi connectivity index (χ1n) is 3.58. The molecule has 6 heteroatoms. The van der Waals surface area contributed by atoms with E-state index in [0.29, 0.717) is 15.7 Å². The van der Waals surface area contributed by atoms with Crippen LogP contribution in [0.2, 0.25) is 10.0 Å². The first-order valence-corrected chi connectivity index (χ1v) is 4.33. The number of nitrogens with two attached hydrogens (primary N) is 1. The molecule has 3 nitrogen and oxygen atoms in total. The smallest absolute Gasteiger partial charge is 0.238 e. The molecule has 14 heavy (non-hydrogen) atoms. The molecule has 0 atom stereocenters. The minimum atomic E-state index is -0.279. The van der Waals surface area contributed by atoms with Crippen molar-refractivity contribution in [2.24, 2.45) is 5.73 Å². The Hall–Kier alpha value is -0.480. The maximum atomic E-state index is 10.9. The van der Waals surface area contributed by atoms with E-state index >= 15 is 0 Å². The molecule has 0 aliphatic carbocycles. The second kappa shape index (κ2) is 6.09. The van der Waals surface area contributed by atoms with Crippen LogP contribution in [0.1, 0.15) is 0 Å². The molecule has 0 unspecified atom stereocenters. The van der Waals surface area contributed by atoms with Gasteiger partial charge in [0.25, 0.3) is 0 Å². The van der Waals surface area contributed by atoms with E-state index < -0.39 is 0 Å². The van der Waals surface area contributed by atoms with E-state index in [-0.39, 0.29) is 24.9 Å². The van der Waals surface area contributed by atoms with E-state index in [1.807, 2.05) is 0 Å². The van der Waals surface area contributed by atoms with Crippen LogP contribution in [0.15, 0.2) is 18.2 Å². The van der Waals surface area contributed by atoms with Crippen LogP contribution in [0, 0.1) is 0 Å². The third kappa shape index (κ3) is 4.15. The maximum Gasteiger partial charge on any atom is 0.238 e. The summed E-state index contributed by atoms with van der Waals surface area (Å²) in [5.74, 6) is -0.279. The summed E-state index contributed by atoms with van der Waals surface area (Å²) < 4.78 is 0. The Labute approximate surface area is 98.0 Å². The SMILES string of the molecule is Cl.NCC(=O)Nc1cc(Cl)cc(Cl)c1. The van der Waals surface area contributed by atoms with Crippen LogP contribution in [0.3, 0.4) is 0 Å². The Morgan fingerprint density at radius 2 is 1.79 bits per heavy atom. The average Bonchev–Trinajstić information content (AvgIpc) is 2.02. The fourth-order valence-electron chi connectivity index (χ4n) is 0.838. The molecule has 0 bridgehead atoms. The van der Waals surface area contributed by atoms with Crippen LogP contribution in [-0.2, 0) is 4.79 Å². The predicted octanol–water partition coefficient (Wildman–Crippen LogP) is 2.31. The zero-order chi connectivity index (χ0) is 9.84. The van der Waals surface area contributed by atoms with Crippen molar-refractivity contribution in [3.63, 3.8) is 0 Å². The fraction of sp³-hybridized carbons (Fsp3) is 0.125. The molecule has 0 aromatic heterocycles. The van der Waals surface area contributed by atoms with Gasteiger partial charge in [-0.2, -0.15) is 0 Å². The Kier molecular flexibility index (Phi) is 5.88. The van der Waals surface area contributed by atoms with Gasteiger partial charge in [0, 0.05) is 15.7 Å². The monoisotopic (exact) mass is 254 g/mol. The van der Waals surface area contributed by atoms with Crippen molar-refractivity contribution in [3.8, 4) is 0 Å². The number of amides is 1. The van der Waals surface area contributed by atoms with Crippen molar-refractivity contribution >= 4 is 47.2 Å². The van der Waals surface area contributed by atoms with Crippen molar-refractivity contribution < 1.29 is 4.79 Å². The quantitative estimate of drug-likeness (QED) is 0.852. The minimum absolute atomic E-state index is 0. The lowest BCUT2D eigenvalue weighted by Crippen LogP contribution is -2.21. The van der Waals surface area contributed by atoms with Crippen molar-refractivity contribution in [2.45, 2.75) is 0 Å². The summed E-state index contributed by atoms with van der Waals surface area (Å²) in [5.41, 5.74) is 5.67. The summed E-state index contributed by atoms with van der Waals surface area (Å²) >= 11 is 11.4. The van der Waals surface area contributed by atoms with E-state index in [0.717, 1.165) is 0 Å². The number of nitrogens with one attached hydrogen (secondary N) is 1. The largest absolute Gasteiger partial charge is 0.325 e. The van der Waals surface area contributed by atoms with E-state index in [4.69, 9.17) is 28.9 Å². The lowest BCUT2D eigenvalue weighted by atomic mass is 10.3. The Balaban J connectivity index is 0.00000169. The molecule has 1 aromatic carbocycles. The highest BCUT2D eigenvalue weighted by Gasteiger charge is 2.01. The molecule has 0 aliphatic heterocycles. The summed E-state index contributed by atoms with van der Waals surface area (Å²) in [6.07, 6.45) is 0. The lowest BCUT2D eigenvalue weighted by molar-refractivity contribution is -0.114. The second-order valence-corrected chi connectivity index (χ2v) is 3.28. The van der Waals surface area contributed by atoms with Crippen molar-refractivity contribution in [1.29, 1.82) is 0 Å². The number of halogens is 3. The number of carbonyl (C=O) groups is 1. The number of hydrogen-bond donors (Lipinski definition) is 2. The van der Waals surface area contributed by atoms with Crippen LogP contribution in [0.5, 0.6) is 0 Å². The summed E-state index contributed by atoms with van der Waals surface area (Å²) in [7, 11) is 0. The fourth-order valence-corrected chi connectivity index (χ4v) is 1.36. The van der Waals surface area contributed by atoms with Gasteiger partial charge in [-0.15, -0.1) is 12.4 Å². The molecule has 3 N–H and O–H groups in total. The lowest BCUT2D eigenvalue weighted by Gasteiger charge is -2.04. The molecule has 0 fully saturated rings. The van der Waals surface area contributed by atoms with Crippen LogP contribution >= 0.6 is 35.6 Å². The maximum absolute atomic E-state index is 10.9. The van der Waals surface area contributed by atoms with Crippen molar-refractivity contribution in [2.75, 3.05) is 11.9 Å². The van der Waals surface area contributed by atoms with E-state index in [9.17, 15) is 4.79 Å². The van der Waals surface area contributed by atoms with Gasteiger partial charge < -0.3 is 11.1 Å². The molecule has 0 saturated carbocycles. The van der Waals surface area contributed by atoms with Crippen LogP contribution < -0.4 is 11.1 Å². The first-order chi connectivity index (χ1) is 6.11. The van der Waals surface area contributed by atoms with Crippen LogP contribution in [-0.4, -0.2) is 12.5 Å². The summed E-state index contributed by atoms with van der Waals surface area (Å²) in [6, 6.07) is 4.78. The highest BCUT2D eigenvalue weighted by molar-refractivity contribution is 6.35. The van der Waals surface area contributed by atoms with Gasteiger partial charge in [0.05, 0.1) is 6.54 Å². The van der Waals surface area contributed by atoms with Crippen LogP contribution in [0.25, 0.3) is 0 Å². The topological polar surface area (TPSA) is 55.1 Å². The highest BCUT2D eigenvalue weighted by Crippen LogP contribution is 2.22. The molecule has 1 amide bonds. The number of carbonyl (C=O) groups excluding carboxylic acids is 1. The number of benzene rings is 1. The molecule has 0 aliphatic rings. The van der Waals surface area contributed by atoms with Gasteiger partial charge in [0.2, 0.25) is 5.91 Å². The number of anilines is 1. The number of hydrogen-bond acceptors (Lipinski definition) is 2. The molecule has 0 radical (unpaired) electrons. The summed E-state index contributed by atoms with van der Waals surface area (Å²) in [6.45, 7) is -0.0653. The van der Waals surface area contributed by atoms with Gasteiger partial charge in [-0.3, -0.25) is 4.79 Å². The summed E-state index contributed by atoms with van der Waals surface area (Å²) in [4.78, 5) is 10.9. The zero-order valence-corrected chi connectivity index (χ0v) is 9.42. The third-order valence-corrected chi connectivity index (χ3v) is 1.77. The van der Waals surface area contributed by atoms with Gasteiger partial charge in [-0.25, -0.2) is 0 Å². The zero-order valence-electron chi connectivity index (χ0n) is 7.09. The molecular formula is C8H9Cl3N2O. The molecular weight excluding hydrogens is 246 g/mol. The normalized spacial score (nSPS) is 9.07.